The van der Waals surface area contributed by atoms with Crippen molar-refractivity contribution in [2.75, 3.05) is 13.2 Å². The number of unbranched alkanes of at least 4 members (excludes halogenated alkanes) is 12. The highest BCUT2D eigenvalue weighted by Crippen LogP contribution is 2.14. The van der Waals surface area contributed by atoms with Gasteiger partial charge >= 0.3 is 5.97 Å². The lowest BCUT2D eigenvalue weighted by Crippen LogP contribution is -1.97. The zero-order valence-electron chi connectivity index (χ0n) is 18.8. The summed E-state index contributed by atoms with van der Waals surface area (Å²) < 4.78 is 5.65. The Hall–Kier alpha value is -1.55. The van der Waals surface area contributed by atoms with E-state index in [1.165, 1.54) is 102 Å². The number of hydrogen-bond acceptors (Lipinski definition) is 3. The Morgan fingerprint density at radius 1 is 0.724 bits per heavy atom. The van der Waals surface area contributed by atoms with Crippen LogP contribution in [0.4, 0.5) is 0 Å². The Bertz CT molecular complexity index is 471. The molecule has 0 bridgehead atoms. The van der Waals surface area contributed by atoms with E-state index < -0.39 is 5.97 Å². The molecule has 1 aromatic rings. The molecule has 1 aromatic carbocycles. The number of rotatable bonds is 17. The number of carboxylic acids is 1. The van der Waals surface area contributed by atoms with E-state index >= 15 is 0 Å². The monoisotopic (exact) mass is 408 g/mol. The van der Waals surface area contributed by atoms with E-state index in [4.69, 9.17) is 14.9 Å². The first-order chi connectivity index (χ1) is 14.1. The number of para-hydroxylation sites is 1. The fourth-order valence-electron chi connectivity index (χ4n) is 3.08. The maximum atomic E-state index is 10.3. The summed E-state index contributed by atoms with van der Waals surface area (Å²) in [5.41, 5.74) is -0.0671. The molecular weight excluding hydrogens is 364 g/mol. The molecule has 0 aliphatic rings. The number of aromatic carboxylic acids is 1. The lowest BCUT2D eigenvalue weighted by Gasteiger charge is -2.04. The molecule has 0 fully saturated rings. The van der Waals surface area contributed by atoms with Gasteiger partial charge in [-0.15, -0.1) is 0 Å². The summed E-state index contributed by atoms with van der Waals surface area (Å²) in [7, 11) is 0. The molecule has 4 heteroatoms. The summed E-state index contributed by atoms with van der Waals surface area (Å²) in [6, 6.07) is 5.81. The average molecular weight is 409 g/mol. The molecule has 0 amide bonds. The highest BCUT2D eigenvalue weighted by molar-refractivity contribution is 5.90. The predicted molar refractivity (Wildman–Crippen MR) is 122 cm³/mol. The van der Waals surface area contributed by atoms with Gasteiger partial charge in [0.1, 0.15) is 11.3 Å². The third kappa shape index (κ3) is 18.2. The van der Waals surface area contributed by atoms with Gasteiger partial charge in [0.05, 0.1) is 0 Å². The molecule has 0 heterocycles. The zero-order valence-corrected chi connectivity index (χ0v) is 18.8. The maximum absolute atomic E-state index is 10.3. The van der Waals surface area contributed by atoms with Crippen LogP contribution in [0.25, 0.3) is 0 Å². The maximum Gasteiger partial charge on any atom is 0.339 e. The van der Waals surface area contributed by atoms with E-state index in [1.54, 1.807) is 12.1 Å². The molecule has 0 spiro atoms. The molecule has 0 aliphatic carbocycles. The third-order valence-electron chi connectivity index (χ3n) is 4.92. The summed E-state index contributed by atoms with van der Waals surface area (Å²) in [6.45, 7) is 6.51. The first-order valence-corrected chi connectivity index (χ1v) is 11.7. The van der Waals surface area contributed by atoms with Crippen molar-refractivity contribution in [3.63, 3.8) is 0 Å². The van der Waals surface area contributed by atoms with Gasteiger partial charge in [0, 0.05) is 13.2 Å². The second kappa shape index (κ2) is 21.2. The molecule has 168 valence electrons. The number of ether oxygens (including phenoxy) is 1. The number of carboxylic acid groups (broad SMARTS) is 1. The van der Waals surface area contributed by atoms with Crippen LogP contribution in [0.3, 0.4) is 0 Å². The molecule has 1 rings (SSSR count). The Morgan fingerprint density at radius 3 is 1.55 bits per heavy atom. The molecule has 29 heavy (non-hydrogen) atoms. The third-order valence-corrected chi connectivity index (χ3v) is 4.92. The molecular formula is C25H44O4. The summed E-state index contributed by atoms with van der Waals surface area (Å²) in [6.07, 6.45) is 19.3. The van der Waals surface area contributed by atoms with Crippen molar-refractivity contribution < 1.29 is 19.7 Å². The van der Waals surface area contributed by atoms with Crippen LogP contribution in [0.1, 0.15) is 114 Å². The summed E-state index contributed by atoms with van der Waals surface area (Å²) in [5.74, 6) is -1.31. The van der Waals surface area contributed by atoms with Crippen molar-refractivity contribution in [1.29, 1.82) is 0 Å². The van der Waals surface area contributed by atoms with Gasteiger partial charge in [-0.3, -0.25) is 0 Å². The number of hydrogen-bond donors (Lipinski definition) is 2. The average Bonchev–Trinajstić information content (AvgIpc) is 2.71. The molecule has 0 radical (unpaired) electrons. The van der Waals surface area contributed by atoms with E-state index in [0.717, 1.165) is 13.2 Å². The Kier molecular flexibility index (Phi) is 20.0. The van der Waals surface area contributed by atoms with Crippen LogP contribution < -0.4 is 0 Å². The summed E-state index contributed by atoms with van der Waals surface area (Å²) in [4.78, 5) is 10.3. The summed E-state index contributed by atoms with van der Waals surface area (Å²) >= 11 is 0. The van der Waals surface area contributed by atoms with E-state index in [9.17, 15) is 4.79 Å². The summed E-state index contributed by atoms with van der Waals surface area (Å²) in [5, 5.41) is 17.3. The van der Waals surface area contributed by atoms with Gasteiger partial charge in [-0.25, -0.2) is 4.79 Å². The van der Waals surface area contributed by atoms with E-state index in [0.29, 0.717) is 0 Å². The van der Waals surface area contributed by atoms with Gasteiger partial charge in [-0.1, -0.05) is 103 Å². The largest absolute Gasteiger partial charge is 0.507 e. The minimum atomic E-state index is -1.11. The molecule has 2 N–H and O–H groups in total. The highest BCUT2D eigenvalue weighted by Gasteiger charge is 2.05. The standard InChI is InChI=1S/C18H38O.C7H6O3/c1-3-5-7-9-10-11-12-13-14-16-18-19-17-15-8-6-4-2;8-6-4-2-1-3-5(6)7(9)10/h3-18H2,1-2H3;1-4,8H,(H,9,10). The van der Waals surface area contributed by atoms with Gasteiger partial charge < -0.3 is 14.9 Å². The fraction of sp³-hybridized carbons (Fsp3) is 0.720. The molecule has 0 unspecified atom stereocenters. The lowest BCUT2D eigenvalue weighted by molar-refractivity contribution is 0.0693. The van der Waals surface area contributed by atoms with Gasteiger partial charge in [0.25, 0.3) is 0 Å². The molecule has 0 aromatic heterocycles. The number of carbonyl (C=O) groups is 1. The Balaban J connectivity index is 0.000000651. The number of phenols is 1. The molecule has 0 saturated carbocycles. The molecule has 4 nitrogen and oxygen atoms in total. The van der Waals surface area contributed by atoms with Crippen molar-refractivity contribution >= 4 is 5.97 Å². The quantitative estimate of drug-likeness (QED) is 0.260. The minimum absolute atomic E-state index is 0.0671. The van der Waals surface area contributed by atoms with E-state index in [-0.39, 0.29) is 11.3 Å². The van der Waals surface area contributed by atoms with Crippen molar-refractivity contribution in [3.8, 4) is 5.75 Å². The molecule has 0 aliphatic heterocycles. The second-order valence-electron chi connectivity index (χ2n) is 7.68. The first kappa shape index (κ1) is 27.5. The van der Waals surface area contributed by atoms with Crippen LogP contribution in [0.2, 0.25) is 0 Å². The van der Waals surface area contributed by atoms with Gasteiger partial charge in [-0.05, 0) is 25.0 Å². The lowest BCUT2D eigenvalue weighted by atomic mass is 10.1. The van der Waals surface area contributed by atoms with Gasteiger partial charge in [0.15, 0.2) is 0 Å². The van der Waals surface area contributed by atoms with Crippen LogP contribution in [-0.2, 0) is 4.74 Å². The van der Waals surface area contributed by atoms with E-state index in [1.807, 2.05) is 0 Å². The molecule has 0 saturated heterocycles. The Labute approximate surface area is 178 Å². The van der Waals surface area contributed by atoms with Crippen LogP contribution in [0.5, 0.6) is 5.75 Å². The Morgan fingerprint density at radius 2 is 1.14 bits per heavy atom. The fourth-order valence-corrected chi connectivity index (χ4v) is 3.08. The van der Waals surface area contributed by atoms with Gasteiger partial charge in [-0.2, -0.15) is 0 Å². The normalized spacial score (nSPS) is 10.4. The zero-order chi connectivity index (χ0) is 21.6. The van der Waals surface area contributed by atoms with E-state index in [2.05, 4.69) is 13.8 Å². The van der Waals surface area contributed by atoms with Crippen molar-refractivity contribution in [2.45, 2.75) is 104 Å². The van der Waals surface area contributed by atoms with Crippen molar-refractivity contribution in [3.05, 3.63) is 29.8 Å². The minimum Gasteiger partial charge on any atom is -0.507 e. The van der Waals surface area contributed by atoms with Crippen molar-refractivity contribution in [1.82, 2.24) is 0 Å². The first-order valence-electron chi connectivity index (χ1n) is 11.7. The van der Waals surface area contributed by atoms with Crippen LogP contribution in [0, 0.1) is 0 Å². The smallest absolute Gasteiger partial charge is 0.339 e. The van der Waals surface area contributed by atoms with Crippen molar-refractivity contribution in [2.24, 2.45) is 0 Å². The highest BCUT2D eigenvalue weighted by atomic mass is 16.5. The second-order valence-corrected chi connectivity index (χ2v) is 7.68. The van der Waals surface area contributed by atoms with Crippen LogP contribution in [0.15, 0.2) is 24.3 Å². The SMILES string of the molecule is CCCCCCCCCCCCOCCCCCC.O=C(O)c1ccccc1O. The van der Waals surface area contributed by atoms with Crippen LogP contribution in [-0.4, -0.2) is 29.4 Å². The van der Waals surface area contributed by atoms with Gasteiger partial charge in [0.2, 0.25) is 0 Å². The van der Waals surface area contributed by atoms with Crippen LogP contribution >= 0.6 is 0 Å². The topological polar surface area (TPSA) is 66.8 Å². The number of aromatic hydroxyl groups is 1. The predicted octanol–water partition coefficient (Wildman–Crippen LogP) is 7.59. The number of benzene rings is 1. The molecule has 0 atom stereocenters.